The van der Waals surface area contributed by atoms with Crippen LogP contribution in [0.5, 0.6) is 0 Å². The van der Waals surface area contributed by atoms with Crippen LogP contribution in [-0.2, 0) is 6.54 Å². The first-order valence-corrected chi connectivity index (χ1v) is 6.06. The average Bonchev–Trinajstić information content (AvgIpc) is 2.48. The van der Waals surface area contributed by atoms with Crippen LogP contribution in [0.25, 0.3) is 0 Å². The summed E-state index contributed by atoms with van der Waals surface area (Å²) in [4.78, 5) is 7.89. The maximum Gasteiger partial charge on any atom is 0.120 e. The van der Waals surface area contributed by atoms with Gasteiger partial charge in [-0.1, -0.05) is 25.7 Å². The number of nitrogens with zero attached hydrogens (tertiary/aromatic N) is 1. The Bertz CT molecular complexity index is 309. The Hall–Kier alpha value is -0.830. The van der Waals surface area contributed by atoms with Crippen LogP contribution < -0.4 is 5.73 Å². The normalized spacial score (nSPS) is 19.1. The van der Waals surface area contributed by atoms with Crippen molar-refractivity contribution in [1.29, 1.82) is 0 Å². The molecule has 1 aliphatic carbocycles. The van der Waals surface area contributed by atoms with Crippen LogP contribution in [0.2, 0.25) is 0 Å². The van der Waals surface area contributed by atoms with Gasteiger partial charge < -0.3 is 10.7 Å². The van der Waals surface area contributed by atoms with E-state index in [2.05, 4.69) is 16.9 Å². The van der Waals surface area contributed by atoms with Crippen molar-refractivity contribution in [2.75, 3.05) is 0 Å². The molecule has 3 nitrogen and oxygen atoms in total. The van der Waals surface area contributed by atoms with E-state index in [-0.39, 0.29) is 0 Å². The van der Waals surface area contributed by atoms with E-state index in [1.54, 1.807) is 0 Å². The fourth-order valence-electron chi connectivity index (χ4n) is 2.58. The third-order valence-electron chi connectivity index (χ3n) is 3.41. The molecule has 84 valence electrons. The Labute approximate surface area is 91.5 Å². The molecule has 3 N–H and O–H groups in total. The molecule has 1 aliphatic rings. The van der Waals surface area contributed by atoms with Crippen LogP contribution in [0.3, 0.4) is 0 Å². The van der Waals surface area contributed by atoms with Crippen LogP contribution in [-0.4, -0.2) is 9.97 Å². The number of H-pyrrole nitrogens is 1. The molecule has 0 aromatic carbocycles. The zero-order chi connectivity index (χ0) is 10.7. The highest BCUT2D eigenvalue weighted by Crippen LogP contribution is 2.32. The number of aryl methyl sites for hydroxylation is 1. The molecule has 15 heavy (non-hydrogen) atoms. The minimum Gasteiger partial charge on any atom is -0.345 e. The van der Waals surface area contributed by atoms with E-state index in [1.807, 2.05) is 0 Å². The molecule has 0 unspecified atom stereocenters. The Morgan fingerprint density at radius 2 is 1.93 bits per heavy atom. The summed E-state index contributed by atoms with van der Waals surface area (Å²) in [5, 5.41) is 0. The van der Waals surface area contributed by atoms with Crippen LogP contribution in [0.4, 0.5) is 0 Å². The van der Waals surface area contributed by atoms with Crippen molar-refractivity contribution in [3.8, 4) is 0 Å². The molecule has 0 aliphatic heterocycles. The highest BCUT2D eigenvalue weighted by molar-refractivity contribution is 5.18. The molecule has 0 saturated heterocycles. The highest BCUT2D eigenvalue weighted by atomic mass is 15.0. The van der Waals surface area contributed by atoms with E-state index < -0.39 is 0 Å². The Morgan fingerprint density at radius 3 is 2.47 bits per heavy atom. The average molecular weight is 207 g/mol. The summed E-state index contributed by atoms with van der Waals surface area (Å²) >= 11 is 0. The van der Waals surface area contributed by atoms with E-state index in [0.29, 0.717) is 12.5 Å². The minimum absolute atomic E-state index is 0.521. The summed E-state index contributed by atoms with van der Waals surface area (Å²) in [6, 6.07) is 0. The van der Waals surface area contributed by atoms with Crippen LogP contribution in [0.1, 0.15) is 61.7 Å². The van der Waals surface area contributed by atoms with Gasteiger partial charge in [0.05, 0.1) is 12.2 Å². The highest BCUT2D eigenvalue weighted by Gasteiger charge is 2.19. The minimum atomic E-state index is 0.521. The first-order valence-electron chi connectivity index (χ1n) is 6.06. The molecule has 3 heteroatoms. The summed E-state index contributed by atoms with van der Waals surface area (Å²) in [6.07, 6.45) is 8.10. The zero-order valence-corrected chi connectivity index (χ0v) is 9.55. The van der Waals surface area contributed by atoms with Gasteiger partial charge in [0.15, 0.2) is 0 Å². The quantitative estimate of drug-likeness (QED) is 0.732. The summed E-state index contributed by atoms with van der Waals surface area (Å²) in [5.74, 6) is 1.61. The molecular formula is C12H21N3. The van der Waals surface area contributed by atoms with Crippen molar-refractivity contribution in [3.05, 3.63) is 17.2 Å². The van der Waals surface area contributed by atoms with Gasteiger partial charge in [-0.25, -0.2) is 4.98 Å². The van der Waals surface area contributed by atoms with Gasteiger partial charge in [0.2, 0.25) is 0 Å². The predicted molar refractivity (Wildman–Crippen MR) is 61.7 cm³/mol. The van der Waals surface area contributed by atoms with Crippen LogP contribution >= 0.6 is 0 Å². The van der Waals surface area contributed by atoms with E-state index >= 15 is 0 Å². The zero-order valence-electron chi connectivity index (χ0n) is 9.55. The fourth-order valence-corrected chi connectivity index (χ4v) is 2.58. The third kappa shape index (κ3) is 2.40. The number of aromatic nitrogens is 2. The number of aromatic amines is 1. The van der Waals surface area contributed by atoms with Gasteiger partial charge in [-0.15, -0.1) is 0 Å². The monoisotopic (exact) mass is 207 g/mol. The molecule has 1 heterocycles. The van der Waals surface area contributed by atoms with Gasteiger partial charge in [-0.2, -0.15) is 0 Å². The van der Waals surface area contributed by atoms with Crippen molar-refractivity contribution in [2.24, 2.45) is 5.73 Å². The van der Waals surface area contributed by atoms with Crippen molar-refractivity contribution in [1.82, 2.24) is 9.97 Å². The Morgan fingerprint density at radius 1 is 1.27 bits per heavy atom. The molecular weight excluding hydrogens is 186 g/mol. The van der Waals surface area contributed by atoms with Gasteiger partial charge in [0.1, 0.15) is 5.82 Å². The van der Waals surface area contributed by atoms with E-state index in [9.17, 15) is 0 Å². The molecule has 0 radical (unpaired) electrons. The first kappa shape index (κ1) is 10.7. The summed E-state index contributed by atoms with van der Waals surface area (Å²) in [5.41, 5.74) is 8.10. The lowest BCUT2D eigenvalue weighted by Gasteiger charge is -2.11. The van der Waals surface area contributed by atoms with Crippen molar-refractivity contribution in [2.45, 2.75) is 57.9 Å². The van der Waals surface area contributed by atoms with Crippen molar-refractivity contribution in [3.63, 3.8) is 0 Å². The van der Waals surface area contributed by atoms with Gasteiger partial charge in [-0.3, -0.25) is 0 Å². The summed E-state index contributed by atoms with van der Waals surface area (Å²) in [6.45, 7) is 2.64. The van der Waals surface area contributed by atoms with Crippen molar-refractivity contribution < 1.29 is 0 Å². The van der Waals surface area contributed by atoms with Crippen molar-refractivity contribution >= 4 is 0 Å². The second-order valence-corrected chi connectivity index (χ2v) is 4.59. The van der Waals surface area contributed by atoms with Gasteiger partial charge in [0, 0.05) is 11.6 Å². The van der Waals surface area contributed by atoms with Crippen LogP contribution in [0.15, 0.2) is 0 Å². The number of imidazole rings is 1. The largest absolute Gasteiger partial charge is 0.345 e. The number of rotatable bonds is 2. The third-order valence-corrected chi connectivity index (χ3v) is 3.41. The maximum atomic E-state index is 5.60. The van der Waals surface area contributed by atoms with Gasteiger partial charge in [-0.05, 0) is 19.8 Å². The second-order valence-electron chi connectivity index (χ2n) is 4.59. The lowest BCUT2D eigenvalue weighted by Crippen LogP contribution is -2.01. The second kappa shape index (κ2) is 4.79. The lowest BCUT2D eigenvalue weighted by atomic mass is 9.95. The topological polar surface area (TPSA) is 54.7 Å². The number of hydrogen-bond donors (Lipinski definition) is 2. The van der Waals surface area contributed by atoms with E-state index in [4.69, 9.17) is 5.73 Å². The molecule has 0 atom stereocenters. The van der Waals surface area contributed by atoms with Crippen LogP contribution in [0, 0.1) is 6.92 Å². The SMILES string of the molecule is Cc1[nH]c(CN)nc1C1CCCCCC1. The molecule has 1 aromatic rings. The maximum absolute atomic E-state index is 5.60. The number of nitrogens with two attached hydrogens (primary N) is 1. The Balaban J connectivity index is 2.15. The molecule has 1 fully saturated rings. The molecule has 1 saturated carbocycles. The lowest BCUT2D eigenvalue weighted by molar-refractivity contribution is 0.576. The smallest absolute Gasteiger partial charge is 0.120 e. The predicted octanol–water partition coefficient (Wildman–Crippen LogP) is 2.61. The Kier molecular flexibility index (Phi) is 3.41. The molecule has 0 bridgehead atoms. The van der Waals surface area contributed by atoms with Gasteiger partial charge >= 0.3 is 0 Å². The summed E-state index contributed by atoms with van der Waals surface area (Å²) in [7, 11) is 0. The first-order chi connectivity index (χ1) is 7.31. The standard InChI is InChI=1S/C12H21N3/c1-9-12(15-11(8-13)14-9)10-6-4-2-3-5-7-10/h10H,2-8,13H2,1H3,(H,14,15). The molecule has 0 amide bonds. The number of nitrogens with one attached hydrogen (secondary N) is 1. The molecule has 2 rings (SSSR count). The molecule has 1 aromatic heterocycles. The van der Waals surface area contributed by atoms with Gasteiger partial charge in [0.25, 0.3) is 0 Å². The van der Waals surface area contributed by atoms with E-state index in [0.717, 1.165) is 5.82 Å². The van der Waals surface area contributed by atoms with E-state index in [1.165, 1.54) is 49.9 Å². The number of hydrogen-bond acceptors (Lipinski definition) is 2. The molecule has 0 spiro atoms. The fraction of sp³-hybridized carbons (Fsp3) is 0.750. The summed E-state index contributed by atoms with van der Waals surface area (Å²) < 4.78 is 0.